The minimum absolute atomic E-state index is 0.158. The maximum atomic E-state index is 10.5. The van der Waals surface area contributed by atoms with Gasteiger partial charge in [-0.15, -0.1) is 0 Å². The van der Waals surface area contributed by atoms with Crippen LogP contribution in [-0.4, -0.2) is 11.1 Å². The van der Waals surface area contributed by atoms with E-state index >= 15 is 0 Å². The predicted molar refractivity (Wildman–Crippen MR) is 94.8 cm³/mol. The molecular weight excluding hydrogens is 284 g/mol. The number of hydrogen-bond acceptors (Lipinski definition) is 1. The number of allylic oxidation sites excluding steroid dienone is 4. The summed E-state index contributed by atoms with van der Waals surface area (Å²) >= 11 is 0. The first-order valence-corrected chi connectivity index (χ1v) is 7.79. The Hall–Kier alpha value is -2.53. The summed E-state index contributed by atoms with van der Waals surface area (Å²) in [6.45, 7) is 6.65. The molecule has 0 amide bonds. The van der Waals surface area contributed by atoms with E-state index in [1.165, 1.54) is 11.1 Å². The first-order chi connectivity index (χ1) is 10.8. The van der Waals surface area contributed by atoms with Crippen molar-refractivity contribution in [3.05, 3.63) is 64.8 Å². The highest BCUT2D eigenvalue weighted by atomic mass is 16.4. The van der Waals surface area contributed by atoms with Gasteiger partial charge in [0.25, 0.3) is 0 Å². The Morgan fingerprint density at radius 2 is 1.87 bits per heavy atom. The molecule has 0 atom stereocenters. The summed E-state index contributed by atoms with van der Waals surface area (Å²) in [6, 6.07) is 7.58. The first-order valence-electron chi connectivity index (χ1n) is 7.79. The van der Waals surface area contributed by atoms with Crippen molar-refractivity contribution in [2.45, 2.75) is 33.6 Å². The lowest BCUT2D eigenvalue weighted by atomic mass is 9.82. The maximum absolute atomic E-state index is 10.5. The molecule has 0 radical (unpaired) electrons. The van der Waals surface area contributed by atoms with Crippen molar-refractivity contribution in [1.29, 1.82) is 0 Å². The quantitative estimate of drug-likeness (QED) is 0.628. The van der Waals surface area contributed by atoms with Gasteiger partial charge in [0.1, 0.15) is 0 Å². The fraction of sp³-hybridized carbons (Fsp3) is 0.286. The highest BCUT2D eigenvalue weighted by molar-refractivity contribution is 5.85. The molecule has 2 nitrogen and oxygen atoms in total. The molecular formula is C21H22O2. The minimum Gasteiger partial charge on any atom is -0.478 e. The van der Waals surface area contributed by atoms with Gasteiger partial charge in [0.05, 0.1) is 0 Å². The second-order valence-corrected chi connectivity index (χ2v) is 6.66. The molecule has 1 aromatic rings. The molecule has 0 aromatic heterocycles. The van der Waals surface area contributed by atoms with Gasteiger partial charge in [-0.3, -0.25) is 0 Å². The van der Waals surface area contributed by atoms with Gasteiger partial charge in [-0.1, -0.05) is 50.8 Å². The van der Waals surface area contributed by atoms with Crippen LogP contribution in [0, 0.1) is 17.3 Å². The normalized spacial score (nSPS) is 14.7. The van der Waals surface area contributed by atoms with Crippen molar-refractivity contribution >= 4 is 12.0 Å². The van der Waals surface area contributed by atoms with Gasteiger partial charge in [0.15, 0.2) is 0 Å². The van der Waals surface area contributed by atoms with Crippen molar-refractivity contribution in [1.82, 2.24) is 0 Å². The zero-order valence-electron chi connectivity index (χ0n) is 13.9. The average molecular weight is 306 g/mol. The standard InChI is InChI=1S/C21H22O2/c1-21(2,3)19-6-4-5-18(15-19)12-11-16-7-9-17(10-8-16)13-14-20(22)23/h6-10,13-15H,4-5H2,1-3H3,(H,22,23)/b14-13+. The van der Waals surface area contributed by atoms with Gasteiger partial charge in [0, 0.05) is 17.2 Å². The Morgan fingerprint density at radius 3 is 2.48 bits per heavy atom. The van der Waals surface area contributed by atoms with Crippen LogP contribution in [0.5, 0.6) is 0 Å². The van der Waals surface area contributed by atoms with Crippen LogP contribution in [0.2, 0.25) is 0 Å². The second-order valence-electron chi connectivity index (χ2n) is 6.66. The third-order valence-electron chi connectivity index (χ3n) is 3.67. The van der Waals surface area contributed by atoms with Crippen LogP contribution in [0.1, 0.15) is 44.7 Å². The van der Waals surface area contributed by atoms with Crippen LogP contribution in [0.25, 0.3) is 6.08 Å². The molecule has 1 aliphatic rings. The van der Waals surface area contributed by atoms with Crippen LogP contribution in [0.15, 0.2) is 53.6 Å². The molecule has 0 aliphatic heterocycles. The largest absolute Gasteiger partial charge is 0.478 e. The Morgan fingerprint density at radius 1 is 1.17 bits per heavy atom. The van der Waals surface area contributed by atoms with E-state index in [4.69, 9.17) is 5.11 Å². The highest BCUT2D eigenvalue weighted by Gasteiger charge is 2.17. The number of carboxylic acid groups (broad SMARTS) is 1. The Kier molecular flexibility index (Phi) is 5.24. The van der Waals surface area contributed by atoms with Crippen molar-refractivity contribution < 1.29 is 9.90 Å². The number of benzene rings is 1. The molecule has 0 unspecified atom stereocenters. The van der Waals surface area contributed by atoms with E-state index in [2.05, 4.69) is 44.8 Å². The van der Waals surface area contributed by atoms with Gasteiger partial charge < -0.3 is 5.11 Å². The first kappa shape index (κ1) is 16.8. The SMILES string of the molecule is CC(C)(C)C1=CCCC(C#Cc2ccc(/C=C/C(=O)O)cc2)=C1. The smallest absolute Gasteiger partial charge is 0.328 e. The van der Waals surface area contributed by atoms with E-state index in [1.807, 2.05) is 24.3 Å². The lowest BCUT2D eigenvalue weighted by molar-refractivity contribution is -0.131. The topological polar surface area (TPSA) is 37.3 Å². The summed E-state index contributed by atoms with van der Waals surface area (Å²) in [7, 11) is 0. The van der Waals surface area contributed by atoms with E-state index in [9.17, 15) is 4.79 Å². The molecule has 0 bridgehead atoms. The molecule has 0 heterocycles. The third-order valence-corrected chi connectivity index (χ3v) is 3.67. The van der Waals surface area contributed by atoms with E-state index < -0.39 is 5.97 Å². The number of rotatable bonds is 2. The molecule has 118 valence electrons. The molecule has 0 saturated heterocycles. The molecule has 2 rings (SSSR count). The van der Waals surface area contributed by atoms with Gasteiger partial charge in [-0.05, 0) is 53.7 Å². The monoisotopic (exact) mass is 306 g/mol. The fourth-order valence-electron chi connectivity index (χ4n) is 2.32. The van der Waals surface area contributed by atoms with Gasteiger partial charge >= 0.3 is 5.97 Å². The van der Waals surface area contributed by atoms with E-state index in [0.29, 0.717) is 0 Å². The van der Waals surface area contributed by atoms with Crippen molar-refractivity contribution in [2.75, 3.05) is 0 Å². The maximum Gasteiger partial charge on any atom is 0.328 e. The Labute approximate surface area is 138 Å². The van der Waals surface area contributed by atoms with Crippen LogP contribution in [-0.2, 0) is 4.79 Å². The molecule has 0 saturated carbocycles. The fourth-order valence-corrected chi connectivity index (χ4v) is 2.32. The van der Waals surface area contributed by atoms with Crippen LogP contribution in [0.4, 0.5) is 0 Å². The van der Waals surface area contributed by atoms with Crippen LogP contribution >= 0.6 is 0 Å². The summed E-state index contributed by atoms with van der Waals surface area (Å²) in [4.78, 5) is 10.5. The summed E-state index contributed by atoms with van der Waals surface area (Å²) < 4.78 is 0. The van der Waals surface area contributed by atoms with E-state index in [-0.39, 0.29) is 5.41 Å². The number of carboxylic acids is 1. The number of carbonyl (C=O) groups is 1. The number of hydrogen-bond donors (Lipinski definition) is 1. The molecule has 1 N–H and O–H groups in total. The van der Waals surface area contributed by atoms with E-state index in [1.54, 1.807) is 6.08 Å². The Balaban J connectivity index is 2.12. The molecule has 2 heteroatoms. The molecule has 0 spiro atoms. The van der Waals surface area contributed by atoms with Crippen LogP contribution in [0.3, 0.4) is 0 Å². The molecule has 1 aromatic carbocycles. The summed E-state index contributed by atoms with van der Waals surface area (Å²) in [5.41, 5.74) is 4.47. The lowest BCUT2D eigenvalue weighted by Gasteiger charge is -2.23. The van der Waals surface area contributed by atoms with Crippen molar-refractivity contribution in [3.63, 3.8) is 0 Å². The zero-order chi connectivity index (χ0) is 16.9. The predicted octanol–water partition coefficient (Wildman–Crippen LogP) is 4.83. The van der Waals surface area contributed by atoms with Crippen molar-refractivity contribution in [2.24, 2.45) is 5.41 Å². The van der Waals surface area contributed by atoms with Gasteiger partial charge in [-0.25, -0.2) is 4.79 Å². The summed E-state index contributed by atoms with van der Waals surface area (Å²) in [5, 5.41) is 8.62. The third kappa shape index (κ3) is 5.30. The van der Waals surface area contributed by atoms with Crippen LogP contribution < -0.4 is 0 Å². The second kappa shape index (κ2) is 7.15. The lowest BCUT2D eigenvalue weighted by Crippen LogP contribution is -2.10. The summed E-state index contributed by atoms with van der Waals surface area (Å²) in [5.74, 6) is 5.52. The van der Waals surface area contributed by atoms with Crippen molar-refractivity contribution in [3.8, 4) is 11.8 Å². The van der Waals surface area contributed by atoms with E-state index in [0.717, 1.165) is 30.0 Å². The molecule has 23 heavy (non-hydrogen) atoms. The highest BCUT2D eigenvalue weighted by Crippen LogP contribution is 2.31. The number of aliphatic carboxylic acids is 1. The molecule has 1 aliphatic carbocycles. The van der Waals surface area contributed by atoms with Gasteiger partial charge in [0.2, 0.25) is 0 Å². The van der Waals surface area contributed by atoms with Gasteiger partial charge in [-0.2, -0.15) is 0 Å². The summed E-state index contributed by atoms with van der Waals surface area (Å²) in [6.07, 6.45) is 9.25. The zero-order valence-corrected chi connectivity index (χ0v) is 13.9. The Bertz CT molecular complexity index is 727. The molecule has 0 fully saturated rings. The minimum atomic E-state index is -0.944. The average Bonchev–Trinajstić information content (AvgIpc) is 2.51.